The highest BCUT2D eigenvalue weighted by molar-refractivity contribution is 5.97. The number of aryl methyl sites for hydroxylation is 1. The number of hydrogen-bond donors (Lipinski definition) is 3. The first kappa shape index (κ1) is 19.3. The average Bonchev–Trinajstić information content (AvgIpc) is 3.41. The van der Waals surface area contributed by atoms with Crippen LogP contribution in [-0.4, -0.2) is 24.5 Å². The Bertz CT molecular complexity index is 597. The van der Waals surface area contributed by atoms with Gasteiger partial charge in [0, 0.05) is 23.8 Å². The number of urea groups is 1. The molecule has 1 saturated carbocycles. The first-order chi connectivity index (χ1) is 12.0. The van der Waals surface area contributed by atoms with Crippen molar-refractivity contribution in [2.24, 2.45) is 5.92 Å². The number of carbonyl (C=O) groups is 2. The van der Waals surface area contributed by atoms with Gasteiger partial charge in [0.25, 0.3) is 5.91 Å². The molecule has 0 saturated heterocycles. The highest BCUT2D eigenvalue weighted by Crippen LogP contribution is 2.21. The van der Waals surface area contributed by atoms with Crippen LogP contribution in [0.25, 0.3) is 0 Å². The highest BCUT2D eigenvalue weighted by atomic mass is 16.2. The maximum absolute atomic E-state index is 12.2. The fourth-order valence-electron chi connectivity index (χ4n) is 2.74. The van der Waals surface area contributed by atoms with E-state index in [2.05, 4.69) is 29.8 Å². The zero-order valence-corrected chi connectivity index (χ0v) is 15.7. The summed E-state index contributed by atoms with van der Waals surface area (Å²) in [6.45, 7) is 6.95. The Balaban J connectivity index is 1.89. The summed E-state index contributed by atoms with van der Waals surface area (Å²) >= 11 is 0. The minimum Gasteiger partial charge on any atom is -0.349 e. The van der Waals surface area contributed by atoms with Crippen molar-refractivity contribution >= 4 is 17.6 Å². The van der Waals surface area contributed by atoms with Gasteiger partial charge in [0.2, 0.25) is 0 Å². The molecule has 1 fully saturated rings. The van der Waals surface area contributed by atoms with Gasteiger partial charge in [-0.2, -0.15) is 0 Å². The molecule has 0 aromatic heterocycles. The van der Waals surface area contributed by atoms with Crippen LogP contribution in [0, 0.1) is 12.8 Å². The van der Waals surface area contributed by atoms with Crippen molar-refractivity contribution in [2.75, 3.05) is 11.9 Å². The number of benzene rings is 1. The summed E-state index contributed by atoms with van der Waals surface area (Å²) in [6, 6.07) is 5.53. The highest BCUT2D eigenvalue weighted by Gasteiger charge is 2.24. The Morgan fingerprint density at radius 2 is 2.00 bits per heavy atom. The Hall–Kier alpha value is -2.04. The zero-order valence-electron chi connectivity index (χ0n) is 15.7. The van der Waals surface area contributed by atoms with Crippen LogP contribution < -0.4 is 16.0 Å². The number of unbranched alkanes of at least 4 members (excludes halogenated alkanes) is 1. The molecule has 3 N–H and O–H groups in total. The molecule has 5 heteroatoms. The molecule has 1 aromatic rings. The zero-order chi connectivity index (χ0) is 18.2. The van der Waals surface area contributed by atoms with Crippen LogP contribution in [0.2, 0.25) is 0 Å². The minimum atomic E-state index is -0.210. The van der Waals surface area contributed by atoms with Crippen molar-refractivity contribution in [1.29, 1.82) is 0 Å². The molecule has 1 aliphatic rings. The van der Waals surface area contributed by atoms with Crippen molar-refractivity contribution < 1.29 is 9.59 Å². The summed E-state index contributed by atoms with van der Waals surface area (Å²) in [5.41, 5.74) is 2.21. The first-order valence-electron chi connectivity index (χ1n) is 9.49. The molecule has 25 heavy (non-hydrogen) atoms. The summed E-state index contributed by atoms with van der Waals surface area (Å²) in [4.78, 5) is 24.4. The van der Waals surface area contributed by atoms with Crippen molar-refractivity contribution in [3.63, 3.8) is 0 Å². The number of amides is 3. The van der Waals surface area contributed by atoms with Crippen molar-refractivity contribution in [2.45, 2.75) is 65.3 Å². The van der Waals surface area contributed by atoms with E-state index in [-0.39, 0.29) is 11.9 Å². The van der Waals surface area contributed by atoms with Crippen molar-refractivity contribution in [3.8, 4) is 0 Å². The second kappa shape index (κ2) is 9.44. The standard InChI is InChI=1S/C20H31N3O2/c1-4-6-7-15(5-2)13-21-20(25)23-18-12-16(9-8-14(18)3)19(24)22-17-10-11-17/h8-9,12,15,17H,4-7,10-11,13H2,1-3H3,(H,22,24)(H2,21,23,25). The topological polar surface area (TPSA) is 70.2 Å². The van der Waals surface area contributed by atoms with Crippen LogP contribution in [-0.2, 0) is 0 Å². The number of carbonyl (C=O) groups excluding carboxylic acids is 2. The van der Waals surface area contributed by atoms with Crippen molar-refractivity contribution in [1.82, 2.24) is 10.6 Å². The lowest BCUT2D eigenvalue weighted by Gasteiger charge is -2.16. The third kappa shape index (κ3) is 6.40. The molecule has 0 radical (unpaired) electrons. The predicted octanol–water partition coefficient (Wildman–Crippen LogP) is 4.23. The number of nitrogens with one attached hydrogen (secondary N) is 3. The monoisotopic (exact) mass is 345 g/mol. The molecule has 3 amide bonds. The third-order valence-electron chi connectivity index (χ3n) is 4.76. The lowest BCUT2D eigenvalue weighted by molar-refractivity contribution is 0.0951. The van der Waals surface area contributed by atoms with Crippen LogP contribution in [0.3, 0.4) is 0 Å². The quantitative estimate of drug-likeness (QED) is 0.627. The fourth-order valence-corrected chi connectivity index (χ4v) is 2.74. The summed E-state index contributed by atoms with van der Waals surface area (Å²) in [5, 5.41) is 8.81. The fraction of sp³-hybridized carbons (Fsp3) is 0.600. The summed E-state index contributed by atoms with van der Waals surface area (Å²) in [6.07, 6.45) is 6.69. The molecule has 5 nitrogen and oxygen atoms in total. The van der Waals surface area contributed by atoms with Gasteiger partial charge in [-0.25, -0.2) is 4.79 Å². The summed E-state index contributed by atoms with van der Waals surface area (Å²) < 4.78 is 0. The Morgan fingerprint density at radius 3 is 2.64 bits per heavy atom. The van der Waals surface area contributed by atoms with Gasteiger partial charge < -0.3 is 16.0 Å². The molecule has 0 heterocycles. The molecular formula is C20H31N3O2. The van der Waals surface area contributed by atoms with E-state index in [0.717, 1.165) is 31.2 Å². The van der Waals surface area contributed by atoms with Crippen LogP contribution in [0.15, 0.2) is 18.2 Å². The molecule has 0 bridgehead atoms. The Kier molecular flexibility index (Phi) is 7.29. The first-order valence-corrected chi connectivity index (χ1v) is 9.49. The van der Waals surface area contributed by atoms with Gasteiger partial charge in [-0.3, -0.25) is 4.79 Å². The molecule has 1 aliphatic carbocycles. The average molecular weight is 345 g/mol. The van der Waals surface area contributed by atoms with E-state index in [9.17, 15) is 9.59 Å². The van der Waals surface area contributed by atoms with E-state index in [4.69, 9.17) is 0 Å². The van der Waals surface area contributed by atoms with E-state index in [1.165, 1.54) is 12.8 Å². The second-order valence-corrected chi connectivity index (χ2v) is 7.03. The summed E-state index contributed by atoms with van der Waals surface area (Å²) in [7, 11) is 0. The molecule has 1 unspecified atom stereocenters. The Labute approximate surface area is 151 Å². The van der Waals surface area contributed by atoms with E-state index in [1.807, 2.05) is 13.0 Å². The normalized spacial score (nSPS) is 14.7. The van der Waals surface area contributed by atoms with Crippen LogP contribution >= 0.6 is 0 Å². The second-order valence-electron chi connectivity index (χ2n) is 7.03. The van der Waals surface area contributed by atoms with Gasteiger partial charge >= 0.3 is 6.03 Å². The van der Waals surface area contributed by atoms with Gasteiger partial charge in [-0.05, 0) is 49.8 Å². The van der Waals surface area contributed by atoms with E-state index in [1.54, 1.807) is 12.1 Å². The number of rotatable bonds is 9. The van der Waals surface area contributed by atoms with Crippen LogP contribution in [0.5, 0.6) is 0 Å². The molecule has 138 valence electrons. The maximum atomic E-state index is 12.2. The van der Waals surface area contributed by atoms with Crippen molar-refractivity contribution in [3.05, 3.63) is 29.3 Å². The lowest BCUT2D eigenvalue weighted by atomic mass is 9.99. The molecule has 0 spiro atoms. The molecular weight excluding hydrogens is 314 g/mol. The van der Waals surface area contributed by atoms with Gasteiger partial charge in [-0.15, -0.1) is 0 Å². The number of anilines is 1. The van der Waals surface area contributed by atoms with E-state index >= 15 is 0 Å². The maximum Gasteiger partial charge on any atom is 0.319 e. The van der Waals surface area contributed by atoms with Gasteiger partial charge in [0.05, 0.1) is 0 Å². The number of hydrogen-bond acceptors (Lipinski definition) is 2. The van der Waals surface area contributed by atoms with Crippen LogP contribution in [0.4, 0.5) is 10.5 Å². The van der Waals surface area contributed by atoms with Gasteiger partial charge in [-0.1, -0.05) is 39.2 Å². The predicted molar refractivity (Wildman–Crippen MR) is 102 cm³/mol. The summed E-state index contributed by atoms with van der Waals surface area (Å²) in [5.74, 6) is 0.444. The minimum absolute atomic E-state index is 0.0726. The SMILES string of the molecule is CCCCC(CC)CNC(=O)Nc1cc(C(=O)NC2CC2)ccc1C. The molecule has 1 atom stereocenters. The van der Waals surface area contributed by atoms with E-state index < -0.39 is 0 Å². The largest absolute Gasteiger partial charge is 0.349 e. The van der Waals surface area contributed by atoms with E-state index in [0.29, 0.717) is 29.8 Å². The smallest absolute Gasteiger partial charge is 0.319 e. The van der Waals surface area contributed by atoms with Gasteiger partial charge in [0.1, 0.15) is 0 Å². The molecule has 2 rings (SSSR count). The van der Waals surface area contributed by atoms with Crippen LogP contribution in [0.1, 0.15) is 68.3 Å². The third-order valence-corrected chi connectivity index (χ3v) is 4.76. The Morgan fingerprint density at radius 1 is 1.24 bits per heavy atom. The molecule has 0 aliphatic heterocycles. The van der Waals surface area contributed by atoms with Gasteiger partial charge in [0.15, 0.2) is 0 Å². The molecule has 1 aromatic carbocycles. The lowest BCUT2D eigenvalue weighted by Crippen LogP contribution is -2.33.